The predicted octanol–water partition coefficient (Wildman–Crippen LogP) is 3.82. The molecule has 0 aliphatic rings. The standard InChI is InChI=1S/C16H17F2N/c1-10-4-3-5-14(11(10)2)16(19)9-12-8-13(17)6-7-15(12)18/h3-8,16H,9,19H2,1-2H3. The first-order valence-electron chi connectivity index (χ1n) is 6.24. The molecule has 100 valence electrons. The highest BCUT2D eigenvalue weighted by molar-refractivity contribution is 5.36. The van der Waals surface area contributed by atoms with Gasteiger partial charge in [0.1, 0.15) is 11.6 Å². The fourth-order valence-corrected chi connectivity index (χ4v) is 2.22. The molecule has 1 atom stereocenters. The maximum atomic E-state index is 13.6. The van der Waals surface area contributed by atoms with Crippen molar-refractivity contribution < 1.29 is 8.78 Å². The minimum atomic E-state index is -0.440. The fourth-order valence-electron chi connectivity index (χ4n) is 2.22. The van der Waals surface area contributed by atoms with Gasteiger partial charge in [-0.3, -0.25) is 0 Å². The Bertz CT molecular complexity index is 593. The average Bonchev–Trinajstić information content (AvgIpc) is 2.37. The molecule has 0 bridgehead atoms. The van der Waals surface area contributed by atoms with Crippen LogP contribution in [0, 0.1) is 25.5 Å². The molecule has 0 amide bonds. The third-order valence-electron chi connectivity index (χ3n) is 3.49. The summed E-state index contributed by atoms with van der Waals surface area (Å²) in [4.78, 5) is 0. The molecule has 3 heteroatoms. The third kappa shape index (κ3) is 2.99. The van der Waals surface area contributed by atoms with E-state index in [-0.39, 0.29) is 12.5 Å². The molecule has 0 aliphatic heterocycles. The SMILES string of the molecule is Cc1cccc(C(N)Cc2cc(F)ccc2F)c1C. The number of aryl methyl sites for hydroxylation is 1. The Morgan fingerprint density at radius 1 is 1.11 bits per heavy atom. The van der Waals surface area contributed by atoms with Crippen molar-refractivity contribution in [3.63, 3.8) is 0 Å². The van der Waals surface area contributed by atoms with E-state index in [0.29, 0.717) is 5.56 Å². The van der Waals surface area contributed by atoms with Gasteiger partial charge in [0.25, 0.3) is 0 Å². The van der Waals surface area contributed by atoms with Gasteiger partial charge < -0.3 is 5.73 Å². The van der Waals surface area contributed by atoms with Crippen molar-refractivity contribution in [3.8, 4) is 0 Å². The summed E-state index contributed by atoms with van der Waals surface area (Å²) < 4.78 is 26.7. The summed E-state index contributed by atoms with van der Waals surface area (Å²) in [5.41, 5.74) is 9.67. The summed E-state index contributed by atoms with van der Waals surface area (Å²) in [6, 6.07) is 9.00. The van der Waals surface area contributed by atoms with Crippen LogP contribution in [0.4, 0.5) is 8.78 Å². The van der Waals surface area contributed by atoms with Gasteiger partial charge in [0.05, 0.1) is 0 Å². The van der Waals surface area contributed by atoms with Gasteiger partial charge in [0, 0.05) is 6.04 Å². The second-order valence-corrected chi connectivity index (χ2v) is 4.84. The van der Waals surface area contributed by atoms with Crippen LogP contribution in [0.2, 0.25) is 0 Å². The van der Waals surface area contributed by atoms with Crippen molar-refractivity contribution in [2.45, 2.75) is 26.3 Å². The van der Waals surface area contributed by atoms with Gasteiger partial charge in [-0.25, -0.2) is 8.78 Å². The van der Waals surface area contributed by atoms with Gasteiger partial charge in [-0.15, -0.1) is 0 Å². The molecule has 0 heterocycles. The lowest BCUT2D eigenvalue weighted by atomic mass is 9.93. The van der Waals surface area contributed by atoms with Gasteiger partial charge >= 0.3 is 0 Å². The molecule has 0 aromatic heterocycles. The van der Waals surface area contributed by atoms with Gasteiger partial charge in [0.15, 0.2) is 0 Å². The summed E-state index contributed by atoms with van der Waals surface area (Å²) >= 11 is 0. The van der Waals surface area contributed by atoms with Gasteiger partial charge in [-0.2, -0.15) is 0 Å². The molecule has 2 aromatic rings. The van der Waals surface area contributed by atoms with Crippen molar-refractivity contribution in [2.24, 2.45) is 5.73 Å². The molecule has 2 N–H and O–H groups in total. The summed E-state index contributed by atoms with van der Waals surface area (Å²) in [7, 11) is 0. The van der Waals surface area contributed by atoms with Crippen LogP contribution in [0.25, 0.3) is 0 Å². The highest BCUT2D eigenvalue weighted by Crippen LogP contribution is 2.23. The predicted molar refractivity (Wildman–Crippen MR) is 72.9 cm³/mol. The van der Waals surface area contributed by atoms with Crippen LogP contribution in [0.15, 0.2) is 36.4 Å². The van der Waals surface area contributed by atoms with E-state index in [4.69, 9.17) is 5.73 Å². The van der Waals surface area contributed by atoms with Gasteiger partial charge in [-0.05, 0) is 60.7 Å². The molecular weight excluding hydrogens is 244 g/mol. The van der Waals surface area contributed by atoms with E-state index >= 15 is 0 Å². The quantitative estimate of drug-likeness (QED) is 0.893. The molecule has 1 nitrogen and oxygen atoms in total. The molecule has 0 saturated heterocycles. The van der Waals surface area contributed by atoms with E-state index in [1.54, 1.807) is 0 Å². The third-order valence-corrected chi connectivity index (χ3v) is 3.49. The molecule has 19 heavy (non-hydrogen) atoms. The molecule has 2 rings (SSSR count). The Labute approximate surface area is 112 Å². The Hall–Kier alpha value is -1.74. The molecular formula is C16H17F2N. The fraction of sp³-hybridized carbons (Fsp3) is 0.250. The minimum Gasteiger partial charge on any atom is -0.324 e. The van der Waals surface area contributed by atoms with Gasteiger partial charge in [0.2, 0.25) is 0 Å². The Morgan fingerprint density at radius 2 is 1.84 bits per heavy atom. The smallest absolute Gasteiger partial charge is 0.126 e. The maximum Gasteiger partial charge on any atom is 0.126 e. The first-order chi connectivity index (χ1) is 8.99. The van der Waals surface area contributed by atoms with E-state index in [1.807, 2.05) is 32.0 Å². The second-order valence-electron chi connectivity index (χ2n) is 4.84. The first-order valence-corrected chi connectivity index (χ1v) is 6.24. The average molecular weight is 261 g/mol. The van der Waals surface area contributed by atoms with E-state index in [0.717, 1.165) is 28.8 Å². The highest BCUT2D eigenvalue weighted by Gasteiger charge is 2.13. The van der Waals surface area contributed by atoms with Crippen LogP contribution >= 0.6 is 0 Å². The number of rotatable bonds is 3. The Kier molecular flexibility index (Phi) is 3.96. The van der Waals surface area contributed by atoms with Crippen molar-refractivity contribution in [1.82, 2.24) is 0 Å². The summed E-state index contributed by atoms with van der Waals surface area (Å²) in [6.07, 6.45) is 0.286. The number of hydrogen-bond donors (Lipinski definition) is 1. The van der Waals surface area contributed by atoms with Crippen LogP contribution in [0.5, 0.6) is 0 Å². The van der Waals surface area contributed by atoms with Crippen LogP contribution in [-0.2, 0) is 6.42 Å². The lowest BCUT2D eigenvalue weighted by Crippen LogP contribution is -2.16. The molecule has 0 saturated carbocycles. The molecule has 0 fully saturated rings. The zero-order valence-corrected chi connectivity index (χ0v) is 11.1. The van der Waals surface area contributed by atoms with Gasteiger partial charge in [-0.1, -0.05) is 18.2 Å². The van der Waals surface area contributed by atoms with Crippen LogP contribution in [0.3, 0.4) is 0 Å². The van der Waals surface area contributed by atoms with E-state index in [2.05, 4.69) is 0 Å². The zero-order chi connectivity index (χ0) is 14.0. The number of nitrogens with two attached hydrogens (primary N) is 1. The normalized spacial score (nSPS) is 12.5. The molecule has 1 unspecified atom stereocenters. The largest absolute Gasteiger partial charge is 0.324 e. The zero-order valence-electron chi connectivity index (χ0n) is 11.1. The van der Waals surface area contributed by atoms with Crippen molar-refractivity contribution >= 4 is 0 Å². The number of halogens is 2. The van der Waals surface area contributed by atoms with Crippen LogP contribution in [0.1, 0.15) is 28.3 Å². The summed E-state index contributed by atoms with van der Waals surface area (Å²) in [6.45, 7) is 4.00. The molecule has 0 aliphatic carbocycles. The highest BCUT2D eigenvalue weighted by atomic mass is 19.1. The summed E-state index contributed by atoms with van der Waals surface area (Å²) in [5, 5.41) is 0. The van der Waals surface area contributed by atoms with E-state index in [9.17, 15) is 8.78 Å². The minimum absolute atomic E-state index is 0.286. The number of hydrogen-bond acceptors (Lipinski definition) is 1. The van der Waals surface area contributed by atoms with E-state index in [1.165, 1.54) is 6.07 Å². The van der Waals surface area contributed by atoms with Crippen molar-refractivity contribution in [2.75, 3.05) is 0 Å². The second kappa shape index (κ2) is 5.49. The molecule has 0 spiro atoms. The monoisotopic (exact) mass is 261 g/mol. The van der Waals surface area contributed by atoms with Crippen LogP contribution in [-0.4, -0.2) is 0 Å². The maximum absolute atomic E-state index is 13.6. The Morgan fingerprint density at radius 3 is 2.58 bits per heavy atom. The van der Waals surface area contributed by atoms with Crippen molar-refractivity contribution in [3.05, 3.63) is 70.3 Å². The first kappa shape index (κ1) is 13.7. The summed E-state index contributed by atoms with van der Waals surface area (Å²) in [5.74, 6) is -0.855. The Balaban J connectivity index is 2.28. The molecule has 2 aromatic carbocycles. The van der Waals surface area contributed by atoms with Crippen LogP contribution < -0.4 is 5.73 Å². The topological polar surface area (TPSA) is 26.0 Å². The molecule has 0 radical (unpaired) electrons. The number of benzene rings is 2. The lowest BCUT2D eigenvalue weighted by Gasteiger charge is -2.16. The lowest BCUT2D eigenvalue weighted by molar-refractivity contribution is 0.572. The van der Waals surface area contributed by atoms with E-state index < -0.39 is 11.6 Å². The van der Waals surface area contributed by atoms with Crippen molar-refractivity contribution in [1.29, 1.82) is 0 Å².